The monoisotopic (exact) mass is 1180 g/mol. The molecule has 67 heavy (non-hydrogen) atoms. The van der Waals surface area contributed by atoms with Gasteiger partial charge in [0.05, 0.1) is 42.3 Å². The number of amides is 3. The van der Waals surface area contributed by atoms with Crippen LogP contribution in [0.25, 0.3) is 11.3 Å². The molecule has 0 aliphatic carbocycles. The van der Waals surface area contributed by atoms with Gasteiger partial charge in [0.15, 0.2) is 11.3 Å². The maximum absolute atomic E-state index is 13.5. The van der Waals surface area contributed by atoms with Gasteiger partial charge in [-0.2, -0.15) is 28.0 Å². The summed E-state index contributed by atoms with van der Waals surface area (Å²) in [6, 6.07) is 7.77. The van der Waals surface area contributed by atoms with Gasteiger partial charge in [-0.15, -0.1) is 0 Å². The first kappa shape index (κ1) is 50.4. The fraction of sp³-hybridized carbons (Fsp3) is 0.533. The molecule has 3 amide bonds. The number of nitrogens with one attached hydrogen (secondary N) is 1. The van der Waals surface area contributed by atoms with Crippen LogP contribution >= 0.6 is 68.2 Å². The molecular formula is C45H58I2N12O6S2. The maximum atomic E-state index is 13.5. The third kappa shape index (κ3) is 12.8. The van der Waals surface area contributed by atoms with E-state index in [1.54, 1.807) is 20.5 Å². The number of fused-ring (bicyclic) bond motifs is 2. The number of hydrogen-bond acceptors (Lipinski definition) is 15. The first-order valence-electron chi connectivity index (χ1n) is 22.1. The summed E-state index contributed by atoms with van der Waals surface area (Å²) < 4.78 is 31.0. The lowest BCUT2D eigenvalue weighted by Crippen LogP contribution is -2.42. The Morgan fingerprint density at radius 2 is 1.18 bits per heavy atom. The second-order valence-electron chi connectivity index (χ2n) is 19.7. The molecule has 18 nitrogen and oxygen atoms in total. The highest BCUT2D eigenvalue weighted by Crippen LogP contribution is 2.37. The maximum Gasteiger partial charge on any atom is 0.421 e. The molecule has 0 saturated carbocycles. The molecule has 2 unspecified atom stereocenters. The number of nitrogens with zero attached hydrogens (tertiary/aromatic N) is 11. The Morgan fingerprint density at radius 1 is 0.687 bits per heavy atom. The number of hydrogen-bond donors (Lipinski definition) is 1. The van der Waals surface area contributed by atoms with Crippen molar-refractivity contribution >= 4 is 119 Å². The molecule has 2 aliphatic rings. The van der Waals surface area contributed by atoms with Gasteiger partial charge in [-0.25, -0.2) is 29.3 Å². The minimum absolute atomic E-state index is 0.0283. The quantitative estimate of drug-likeness (QED) is 0.123. The van der Waals surface area contributed by atoms with Crippen molar-refractivity contribution in [3.8, 4) is 0 Å². The van der Waals surface area contributed by atoms with Gasteiger partial charge in [0.25, 0.3) is 0 Å². The smallest absolute Gasteiger partial charge is 0.421 e. The average molecular weight is 1180 g/mol. The molecule has 360 valence electrons. The number of piperidine rings is 2. The van der Waals surface area contributed by atoms with Crippen LogP contribution in [0.5, 0.6) is 0 Å². The molecule has 0 aromatic carbocycles. The topological polar surface area (TPSA) is 187 Å². The number of halogens is 2. The molecule has 2 fully saturated rings. The Hall–Kier alpha value is -4.43. The van der Waals surface area contributed by atoms with Crippen LogP contribution in [0.15, 0.2) is 36.7 Å². The molecule has 6 aromatic rings. The number of aromatic nitrogens is 8. The first-order chi connectivity index (χ1) is 31.4. The Labute approximate surface area is 426 Å². The molecule has 2 saturated heterocycles. The van der Waals surface area contributed by atoms with Gasteiger partial charge in [0.1, 0.15) is 38.4 Å². The van der Waals surface area contributed by atoms with Crippen LogP contribution in [-0.2, 0) is 14.2 Å². The van der Waals surface area contributed by atoms with Crippen molar-refractivity contribution in [2.75, 3.05) is 36.4 Å². The zero-order valence-corrected chi connectivity index (χ0v) is 45.7. The largest absolute Gasteiger partial charge is 0.444 e. The van der Waals surface area contributed by atoms with Gasteiger partial charge in [-0.05, 0) is 182 Å². The van der Waals surface area contributed by atoms with Crippen LogP contribution in [0.2, 0.25) is 0 Å². The van der Waals surface area contributed by atoms with Gasteiger partial charge >= 0.3 is 18.3 Å². The number of aryl methyl sites for hydroxylation is 2. The van der Waals surface area contributed by atoms with Crippen LogP contribution in [0.1, 0.15) is 123 Å². The van der Waals surface area contributed by atoms with Gasteiger partial charge < -0.3 is 29.3 Å². The third-order valence-electron chi connectivity index (χ3n) is 10.4. The third-order valence-corrected chi connectivity index (χ3v) is 13.6. The van der Waals surface area contributed by atoms with Crippen LogP contribution in [0.3, 0.4) is 0 Å². The van der Waals surface area contributed by atoms with E-state index in [9.17, 15) is 14.4 Å². The van der Waals surface area contributed by atoms with Crippen LogP contribution in [0, 0.1) is 21.0 Å². The number of carbonyl (C=O) groups is 3. The van der Waals surface area contributed by atoms with Gasteiger partial charge in [0, 0.05) is 50.1 Å². The van der Waals surface area contributed by atoms with Crippen molar-refractivity contribution in [2.45, 2.75) is 130 Å². The molecule has 0 radical (unpaired) electrons. The minimum Gasteiger partial charge on any atom is -0.444 e. The van der Waals surface area contributed by atoms with Crippen molar-refractivity contribution < 1.29 is 28.6 Å². The van der Waals surface area contributed by atoms with Crippen molar-refractivity contribution in [3.63, 3.8) is 0 Å². The molecule has 1 N–H and O–H groups in total. The predicted molar refractivity (Wildman–Crippen MR) is 276 cm³/mol. The number of ether oxygens (including phenoxy) is 3. The van der Waals surface area contributed by atoms with E-state index in [4.69, 9.17) is 24.2 Å². The van der Waals surface area contributed by atoms with E-state index in [1.165, 1.54) is 28.0 Å². The summed E-state index contributed by atoms with van der Waals surface area (Å²) in [4.78, 5) is 53.8. The number of anilines is 4. The fourth-order valence-electron chi connectivity index (χ4n) is 7.59. The molecule has 2 atom stereocenters. The lowest BCUT2D eigenvalue weighted by atomic mass is 9.94. The minimum atomic E-state index is -0.695. The van der Waals surface area contributed by atoms with E-state index in [1.807, 2.05) is 111 Å². The molecular weight excluding hydrogens is 1120 g/mol. The van der Waals surface area contributed by atoms with E-state index in [0.717, 1.165) is 72.1 Å². The first-order valence-corrected chi connectivity index (χ1v) is 25.8. The summed E-state index contributed by atoms with van der Waals surface area (Å²) in [5.41, 5.74) is 3.20. The Balaban J connectivity index is 0.000000203. The number of likely N-dealkylation sites (tertiary alicyclic amines) is 2. The summed E-state index contributed by atoms with van der Waals surface area (Å²) >= 11 is 7.08. The highest BCUT2D eigenvalue weighted by Gasteiger charge is 2.34. The van der Waals surface area contributed by atoms with E-state index in [0.29, 0.717) is 42.6 Å². The van der Waals surface area contributed by atoms with Crippen molar-refractivity contribution in [1.29, 1.82) is 0 Å². The van der Waals surface area contributed by atoms with E-state index in [-0.39, 0.29) is 24.0 Å². The molecule has 22 heteroatoms. The van der Waals surface area contributed by atoms with Crippen molar-refractivity contribution in [2.24, 2.45) is 0 Å². The second kappa shape index (κ2) is 20.3. The standard InChI is InChI=1S/C25H33IN6O4S.C20H25IN6O2S/c1-15-11-20(37-29-15)31(23(34)36-25(5,6)7)19-12-18(28-21-17(26)13-27-32(19)21)16-9-8-10-30(14-16)22(33)35-24(2,3)4;1-12-8-17(30-25-12)24-16-9-15(23-18-14(21)10-22-27(16)18)13-6-5-7-26(11-13)19(28)29-20(2,3)4/h11-13,16H,8-10,14H2,1-7H3;8-10,13,24H,5-7,11H2,1-4H3. The lowest BCUT2D eigenvalue weighted by molar-refractivity contribution is 0.0187. The zero-order valence-electron chi connectivity index (χ0n) is 39.7. The SMILES string of the molecule is Cc1cc(N(C(=O)OC(C)(C)C)c2cc(C3CCCN(C(=O)OC(C)(C)C)C3)nc3c(I)cnn23)sn1.Cc1cc(Nc2cc(C3CCCN(C(=O)OC(C)(C)C)C3)nc3c(I)cnn23)sn1. The molecule has 8 heterocycles. The highest BCUT2D eigenvalue weighted by molar-refractivity contribution is 14.1. The molecule has 0 spiro atoms. The zero-order chi connectivity index (χ0) is 48.6. The molecule has 6 aromatic heterocycles. The van der Waals surface area contributed by atoms with Gasteiger partial charge in [-0.1, -0.05) is 0 Å². The molecule has 0 bridgehead atoms. The molecule has 8 rings (SSSR count). The van der Waals surface area contributed by atoms with Gasteiger partial charge in [0.2, 0.25) is 0 Å². The summed E-state index contributed by atoms with van der Waals surface area (Å²) in [5, 5.41) is 14.0. The number of carbonyl (C=O) groups excluding carboxylic acids is 3. The summed E-state index contributed by atoms with van der Waals surface area (Å²) in [6.07, 6.45) is 6.00. The summed E-state index contributed by atoms with van der Waals surface area (Å²) in [7, 11) is 0. The van der Waals surface area contributed by atoms with Crippen LogP contribution in [-0.4, -0.2) is 109 Å². The van der Waals surface area contributed by atoms with E-state index in [2.05, 4.69) is 69.4 Å². The van der Waals surface area contributed by atoms with Crippen LogP contribution < -0.4 is 10.2 Å². The summed E-state index contributed by atoms with van der Waals surface area (Å²) in [5.74, 6) is 1.47. The Bertz CT molecular complexity index is 2750. The summed E-state index contributed by atoms with van der Waals surface area (Å²) in [6.45, 7) is 23.0. The number of rotatable bonds is 6. The Morgan fingerprint density at radius 3 is 1.67 bits per heavy atom. The van der Waals surface area contributed by atoms with Crippen molar-refractivity contribution in [1.82, 2.24) is 47.7 Å². The van der Waals surface area contributed by atoms with Crippen LogP contribution in [0.4, 0.5) is 36.0 Å². The lowest BCUT2D eigenvalue weighted by Gasteiger charge is -2.34. The second-order valence-corrected chi connectivity index (χ2v) is 23.6. The van der Waals surface area contributed by atoms with Crippen molar-refractivity contribution in [3.05, 3.63) is 66.6 Å². The average Bonchev–Trinajstić information content (AvgIpc) is 4.04. The normalized spacial score (nSPS) is 17.0. The highest BCUT2D eigenvalue weighted by atomic mass is 127. The fourth-order valence-corrected chi connectivity index (χ4v) is 9.97. The van der Waals surface area contributed by atoms with Gasteiger partial charge in [-0.3, -0.25) is 0 Å². The predicted octanol–water partition coefficient (Wildman–Crippen LogP) is 11.2. The van der Waals surface area contributed by atoms with E-state index < -0.39 is 22.9 Å². The Kier molecular flexibility index (Phi) is 15.3. The van der Waals surface area contributed by atoms with E-state index >= 15 is 0 Å². The molecule has 2 aliphatic heterocycles.